The van der Waals surface area contributed by atoms with Crippen LogP contribution in [0.15, 0.2) is 5.16 Å². The minimum atomic E-state index is -0.714. The van der Waals surface area contributed by atoms with E-state index in [2.05, 4.69) is 5.16 Å². The quantitative estimate of drug-likeness (QED) is 0.439. The molecule has 4 saturated carbocycles. The van der Waals surface area contributed by atoms with Gasteiger partial charge in [-0.1, -0.05) is 5.16 Å². The number of rotatable bonds is 1. The maximum absolute atomic E-state index is 10.8. The molecular weight excluding hydrogens is 158 g/mol. The second kappa shape index (κ2) is 1.65. The van der Waals surface area contributed by atoms with Gasteiger partial charge in [-0.2, -0.15) is 0 Å². The number of hydrogen-bond acceptors (Lipinski definition) is 3. The molecule has 4 bridgehead atoms. The summed E-state index contributed by atoms with van der Waals surface area (Å²) in [6.07, 6.45) is 0.936. The van der Waals surface area contributed by atoms with Crippen LogP contribution < -0.4 is 0 Å². The van der Waals surface area contributed by atoms with Crippen molar-refractivity contribution in [3.05, 3.63) is 0 Å². The molecule has 0 radical (unpaired) electrons. The summed E-state index contributed by atoms with van der Waals surface area (Å²) >= 11 is 0. The van der Waals surface area contributed by atoms with Gasteiger partial charge in [0.05, 0.1) is 11.6 Å². The first kappa shape index (κ1) is 6.46. The van der Waals surface area contributed by atoms with Gasteiger partial charge in [0, 0.05) is 11.8 Å². The summed E-state index contributed by atoms with van der Waals surface area (Å²) in [4.78, 5) is 10.8. The smallest absolute Gasteiger partial charge is 0.307 e. The van der Waals surface area contributed by atoms with Crippen molar-refractivity contribution < 1.29 is 15.1 Å². The van der Waals surface area contributed by atoms with Crippen molar-refractivity contribution in [3.63, 3.8) is 0 Å². The molecule has 4 aliphatic carbocycles. The Morgan fingerprint density at radius 1 is 1.58 bits per heavy atom. The molecule has 0 aromatic rings. The third-order valence-corrected chi connectivity index (χ3v) is 3.73. The van der Waals surface area contributed by atoms with Gasteiger partial charge in [-0.05, 0) is 18.3 Å². The summed E-state index contributed by atoms with van der Waals surface area (Å²) in [6.45, 7) is 0. The molecule has 12 heavy (non-hydrogen) atoms. The van der Waals surface area contributed by atoms with Crippen LogP contribution in [0.2, 0.25) is 0 Å². The maximum atomic E-state index is 10.8. The Morgan fingerprint density at radius 3 is 2.67 bits per heavy atom. The van der Waals surface area contributed by atoms with E-state index in [1.54, 1.807) is 0 Å². The lowest BCUT2D eigenvalue weighted by Crippen LogP contribution is -2.20. The Balaban J connectivity index is 2.01. The zero-order valence-electron chi connectivity index (χ0n) is 6.34. The minimum absolute atomic E-state index is 0.0486. The third kappa shape index (κ3) is 0.462. The third-order valence-electron chi connectivity index (χ3n) is 3.73. The fraction of sp³-hybridized carbons (Fsp3) is 0.750. The number of hydrogen-bond donors (Lipinski definition) is 2. The van der Waals surface area contributed by atoms with Gasteiger partial charge in [0.1, 0.15) is 0 Å². The van der Waals surface area contributed by atoms with Crippen molar-refractivity contribution in [3.8, 4) is 0 Å². The summed E-state index contributed by atoms with van der Waals surface area (Å²) in [5.41, 5.74) is 0.761. The van der Waals surface area contributed by atoms with Gasteiger partial charge in [0.15, 0.2) is 0 Å². The molecular formula is C8H9NO3. The highest BCUT2D eigenvalue weighted by Crippen LogP contribution is 2.71. The highest BCUT2D eigenvalue weighted by molar-refractivity contribution is 6.01. The van der Waals surface area contributed by atoms with Crippen LogP contribution >= 0.6 is 0 Å². The number of carboxylic acid groups (broad SMARTS) is 1. The van der Waals surface area contributed by atoms with Gasteiger partial charge >= 0.3 is 5.97 Å². The molecule has 5 atom stereocenters. The van der Waals surface area contributed by atoms with Gasteiger partial charge in [-0.25, -0.2) is 0 Å². The van der Waals surface area contributed by atoms with Crippen molar-refractivity contribution in [2.75, 3.05) is 0 Å². The van der Waals surface area contributed by atoms with E-state index >= 15 is 0 Å². The molecule has 64 valence electrons. The van der Waals surface area contributed by atoms with E-state index in [1.807, 2.05) is 0 Å². The Morgan fingerprint density at radius 2 is 2.33 bits per heavy atom. The molecule has 0 aliphatic heterocycles. The largest absolute Gasteiger partial charge is 0.481 e. The van der Waals surface area contributed by atoms with Crippen LogP contribution in [-0.4, -0.2) is 22.0 Å². The average Bonchev–Trinajstić information content (AvgIpc) is 2.50. The zero-order chi connectivity index (χ0) is 8.46. The predicted molar refractivity (Wildman–Crippen MR) is 38.9 cm³/mol. The lowest BCUT2D eigenvalue weighted by atomic mass is 9.98. The van der Waals surface area contributed by atoms with Gasteiger partial charge < -0.3 is 10.3 Å². The van der Waals surface area contributed by atoms with E-state index < -0.39 is 5.97 Å². The van der Waals surface area contributed by atoms with E-state index in [1.165, 1.54) is 0 Å². The van der Waals surface area contributed by atoms with Gasteiger partial charge in [0.25, 0.3) is 0 Å². The average molecular weight is 167 g/mol. The van der Waals surface area contributed by atoms with E-state index in [-0.39, 0.29) is 11.8 Å². The normalized spacial score (nSPS) is 56.3. The Hall–Kier alpha value is -1.06. The van der Waals surface area contributed by atoms with Crippen LogP contribution in [0.1, 0.15) is 6.42 Å². The molecule has 2 N–H and O–H groups in total. The highest BCUT2D eigenvalue weighted by Gasteiger charge is 2.74. The van der Waals surface area contributed by atoms with Crippen LogP contribution in [0, 0.1) is 29.6 Å². The van der Waals surface area contributed by atoms with Gasteiger partial charge in [0.2, 0.25) is 0 Å². The summed E-state index contributed by atoms with van der Waals surface area (Å²) in [7, 11) is 0. The first-order valence-electron chi connectivity index (χ1n) is 4.20. The molecule has 0 aromatic heterocycles. The van der Waals surface area contributed by atoms with Crippen LogP contribution in [0.5, 0.6) is 0 Å². The predicted octanol–water partition coefficient (Wildman–Crippen LogP) is 0.413. The molecule has 4 aliphatic rings. The summed E-state index contributed by atoms with van der Waals surface area (Å²) < 4.78 is 0. The van der Waals surface area contributed by atoms with E-state index in [0.29, 0.717) is 17.8 Å². The molecule has 4 fully saturated rings. The number of oxime groups is 1. The molecule has 0 saturated heterocycles. The van der Waals surface area contributed by atoms with E-state index in [0.717, 1.165) is 12.1 Å². The van der Waals surface area contributed by atoms with Crippen molar-refractivity contribution in [2.24, 2.45) is 34.7 Å². The second-order valence-electron chi connectivity index (χ2n) is 4.00. The van der Waals surface area contributed by atoms with Crippen molar-refractivity contribution >= 4 is 11.7 Å². The second-order valence-corrected chi connectivity index (χ2v) is 4.00. The van der Waals surface area contributed by atoms with Crippen molar-refractivity contribution in [2.45, 2.75) is 6.42 Å². The Labute approximate surface area is 68.9 Å². The van der Waals surface area contributed by atoms with Crippen LogP contribution in [-0.2, 0) is 4.79 Å². The molecule has 4 nitrogen and oxygen atoms in total. The van der Waals surface area contributed by atoms with E-state index in [4.69, 9.17) is 10.3 Å². The Kier molecular flexibility index (Phi) is 0.888. The van der Waals surface area contributed by atoms with Gasteiger partial charge in [-0.3, -0.25) is 4.79 Å². The minimum Gasteiger partial charge on any atom is -0.481 e. The standard InChI is InChI=1S/C8H9NO3/c10-8(11)6-3-1-2-4(6)5(2)7(3)9-12/h2-6,12H,1H2,(H,10,11)/b9-7-. The zero-order valence-corrected chi connectivity index (χ0v) is 6.34. The molecule has 0 aromatic carbocycles. The summed E-state index contributed by atoms with van der Waals surface area (Å²) in [5.74, 6) is 0.244. The molecule has 4 rings (SSSR count). The molecule has 4 heteroatoms. The first-order valence-corrected chi connectivity index (χ1v) is 4.20. The topological polar surface area (TPSA) is 69.9 Å². The fourth-order valence-corrected chi connectivity index (χ4v) is 3.35. The van der Waals surface area contributed by atoms with Crippen molar-refractivity contribution in [1.29, 1.82) is 0 Å². The molecule has 5 unspecified atom stereocenters. The highest BCUT2D eigenvalue weighted by atomic mass is 16.4. The van der Waals surface area contributed by atoms with Crippen LogP contribution in [0.25, 0.3) is 0 Å². The lowest BCUT2D eigenvalue weighted by molar-refractivity contribution is -0.142. The first-order chi connectivity index (χ1) is 5.75. The number of aliphatic carboxylic acids is 1. The maximum Gasteiger partial charge on any atom is 0.307 e. The van der Waals surface area contributed by atoms with Crippen LogP contribution in [0.4, 0.5) is 0 Å². The fourth-order valence-electron chi connectivity index (χ4n) is 3.35. The summed E-state index contributed by atoms with van der Waals surface area (Å²) in [6, 6.07) is 0. The Bertz CT molecular complexity index is 299. The monoisotopic (exact) mass is 167 g/mol. The molecule has 0 amide bonds. The number of carbonyl (C=O) groups is 1. The number of nitrogens with zero attached hydrogens (tertiary/aromatic N) is 1. The van der Waals surface area contributed by atoms with Crippen molar-refractivity contribution in [1.82, 2.24) is 0 Å². The number of carboxylic acids is 1. The molecule has 0 spiro atoms. The molecule has 0 heterocycles. The van der Waals surface area contributed by atoms with Crippen LogP contribution in [0.3, 0.4) is 0 Å². The van der Waals surface area contributed by atoms with E-state index in [9.17, 15) is 4.79 Å². The SMILES string of the molecule is O=C(O)C1C2CC3C(/C2=N\O)C31. The summed E-state index contributed by atoms with van der Waals surface area (Å²) in [5, 5.41) is 20.8. The van der Waals surface area contributed by atoms with Gasteiger partial charge in [-0.15, -0.1) is 0 Å². The lowest BCUT2D eigenvalue weighted by Gasteiger charge is -2.07.